The number of carboxylic acid groups (broad SMARTS) is 1. The Balaban J connectivity index is 3.23. The van der Waals surface area contributed by atoms with E-state index in [2.05, 4.69) is 0 Å². The zero-order valence-corrected chi connectivity index (χ0v) is 9.65. The van der Waals surface area contributed by atoms with Gasteiger partial charge in [-0.05, 0) is 26.0 Å². The van der Waals surface area contributed by atoms with Crippen molar-refractivity contribution >= 4 is 11.9 Å². The standard InChI is InChI=1S/C12H15NO3/c1-4-13(3)11(14)9-6-5-8(2)7-10(9)12(15)16/h5-7H,4H2,1-3H3,(H,15,16). The molecule has 0 aliphatic rings. The van der Waals surface area contributed by atoms with Crippen molar-refractivity contribution in [2.45, 2.75) is 13.8 Å². The first kappa shape index (κ1) is 12.2. The molecule has 0 saturated heterocycles. The van der Waals surface area contributed by atoms with E-state index in [0.29, 0.717) is 6.54 Å². The maximum atomic E-state index is 11.9. The summed E-state index contributed by atoms with van der Waals surface area (Å²) in [7, 11) is 1.65. The maximum Gasteiger partial charge on any atom is 0.336 e. The van der Waals surface area contributed by atoms with E-state index in [1.807, 2.05) is 6.92 Å². The molecule has 0 unspecified atom stereocenters. The van der Waals surface area contributed by atoms with Crippen molar-refractivity contribution in [2.75, 3.05) is 13.6 Å². The van der Waals surface area contributed by atoms with Crippen LogP contribution < -0.4 is 0 Å². The fourth-order valence-electron chi connectivity index (χ4n) is 1.37. The normalized spacial score (nSPS) is 9.94. The summed E-state index contributed by atoms with van der Waals surface area (Å²) in [5.74, 6) is -1.34. The van der Waals surface area contributed by atoms with Crippen LogP contribution in [0.15, 0.2) is 18.2 Å². The number of hydrogen-bond donors (Lipinski definition) is 1. The molecule has 0 aliphatic heterocycles. The highest BCUT2D eigenvalue weighted by Gasteiger charge is 2.18. The molecule has 1 N–H and O–H groups in total. The number of carboxylic acids is 1. The van der Waals surface area contributed by atoms with E-state index in [1.54, 1.807) is 26.1 Å². The number of rotatable bonds is 3. The van der Waals surface area contributed by atoms with Gasteiger partial charge in [-0.2, -0.15) is 0 Å². The van der Waals surface area contributed by atoms with E-state index >= 15 is 0 Å². The van der Waals surface area contributed by atoms with E-state index in [-0.39, 0.29) is 17.0 Å². The first-order chi connectivity index (χ1) is 7.47. The Hall–Kier alpha value is -1.84. The monoisotopic (exact) mass is 221 g/mol. The lowest BCUT2D eigenvalue weighted by Crippen LogP contribution is -2.27. The SMILES string of the molecule is CCN(C)C(=O)c1ccc(C)cc1C(=O)O. The van der Waals surface area contributed by atoms with Crippen LogP contribution in [0.4, 0.5) is 0 Å². The van der Waals surface area contributed by atoms with Gasteiger partial charge in [-0.3, -0.25) is 4.79 Å². The first-order valence-corrected chi connectivity index (χ1v) is 5.06. The summed E-state index contributed by atoms with van der Waals surface area (Å²) < 4.78 is 0. The quantitative estimate of drug-likeness (QED) is 0.846. The predicted octanol–water partition coefficient (Wildman–Crippen LogP) is 1.79. The lowest BCUT2D eigenvalue weighted by atomic mass is 10.0. The molecule has 0 fully saturated rings. The number of aryl methyl sites for hydroxylation is 1. The van der Waals surface area contributed by atoms with Gasteiger partial charge in [-0.15, -0.1) is 0 Å². The van der Waals surface area contributed by atoms with E-state index in [1.165, 1.54) is 11.0 Å². The van der Waals surface area contributed by atoms with Crippen molar-refractivity contribution in [3.8, 4) is 0 Å². The Morgan fingerprint density at radius 2 is 1.94 bits per heavy atom. The summed E-state index contributed by atoms with van der Waals surface area (Å²) in [5.41, 5.74) is 1.13. The molecule has 0 saturated carbocycles. The fourth-order valence-corrected chi connectivity index (χ4v) is 1.37. The Morgan fingerprint density at radius 1 is 1.31 bits per heavy atom. The zero-order valence-electron chi connectivity index (χ0n) is 9.65. The molecule has 16 heavy (non-hydrogen) atoms. The molecule has 0 radical (unpaired) electrons. The van der Waals surface area contributed by atoms with E-state index in [4.69, 9.17) is 5.11 Å². The third kappa shape index (κ3) is 2.39. The smallest absolute Gasteiger partial charge is 0.336 e. The van der Waals surface area contributed by atoms with Gasteiger partial charge < -0.3 is 10.0 Å². The van der Waals surface area contributed by atoms with Crippen LogP contribution in [0.1, 0.15) is 33.2 Å². The highest BCUT2D eigenvalue weighted by molar-refractivity contribution is 6.04. The Kier molecular flexibility index (Phi) is 3.66. The maximum absolute atomic E-state index is 11.9. The molecule has 86 valence electrons. The minimum absolute atomic E-state index is 0.0605. The minimum atomic E-state index is -1.07. The molecule has 1 rings (SSSR count). The number of carbonyl (C=O) groups is 2. The van der Waals surface area contributed by atoms with Crippen LogP contribution in [-0.2, 0) is 0 Å². The summed E-state index contributed by atoms with van der Waals surface area (Å²) in [5, 5.41) is 9.02. The second-order valence-electron chi connectivity index (χ2n) is 3.67. The van der Waals surface area contributed by atoms with Crippen LogP contribution in [0.25, 0.3) is 0 Å². The zero-order chi connectivity index (χ0) is 12.3. The van der Waals surface area contributed by atoms with Crippen LogP contribution in [0.2, 0.25) is 0 Å². The highest BCUT2D eigenvalue weighted by Crippen LogP contribution is 2.13. The van der Waals surface area contributed by atoms with Crippen molar-refractivity contribution in [3.63, 3.8) is 0 Å². The van der Waals surface area contributed by atoms with E-state index < -0.39 is 5.97 Å². The summed E-state index contributed by atoms with van der Waals surface area (Å²) in [6, 6.07) is 4.81. The van der Waals surface area contributed by atoms with Gasteiger partial charge >= 0.3 is 5.97 Å². The number of nitrogens with zero attached hydrogens (tertiary/aromatic N) is 1. The van der Waals surface area contributed by atoms with E-state index in [9.17, 15) is 9.59 Å². The molecule has 1 aromatic carbocycles. The van der Waals surface area contributed by atoms with Crippen LogP contribution >= 0.6 is 0 Å². The third-order valence-corrected chi connectivity index (χ3v) is 2.46. The largest absolute Gasteiger partial charge is 0.478 e. The number of carbonyl (C=O) groups excluding carboxylic acids is 1. The summed E-state index contributed by atoms with van der Waals surface area (Å²) >= 11 is 0. The molecular formula is C12H15NO3. The van der Waals surface area contributed by atoms with Gasteiger partial charge in [0.25, 0.3) is 5.91 Å². The molecule has 0 atom stereocenters. The molecule has 0 aromatic heterocycles. The Labute approximate surface area is 94.5 Å². The van der Waals surface area contributed by atoms with Gasteiger partial charge in [0.1, 0.15) is 0 Å². The minimum Gasteiger partial charge on any atom is -0.478 e. The predicted molar refractivity (Wildman–Crippen MR) is 60.8 cm³/mol. The van der Waals surface area contributed by atoms with E-state index in [0.717, 1.165) is 5.56 Å². The topological polar surface area (TPSA) is 57.6 Å². The lowest BCUT2D eigenvalue weighted by Gasteiger charge is -2.16. The van der Waals surface area contributed by atoms with Gasteiger partial charge in [0.15, 0.2) is 0 Å². The van der Waals surface area contributed by atoms with Gasteiger partial charge in [0.2, 0.25) is 0 Å². The Bertz CT molecular complexity index is 426. The summed E-state index contributed by atoms with van der Waals surface area (Å²) in [6.45, 7) is 4.18. The molecular weight excluding hydrogens is 206 g/mol. The lowest BCUT2D eigenvalue weighted by molar-refractivity contribution is 0.0682. The number of hydrogen-bond acceptors (Lipinski definition) is 2. The number of aromatic carboxylic acids is 1. The van der Waals surface area contributed by atoms with Crippen LogP contribution in [0.3, 0.4) is 0 Å². The van der Waals surface area contributed by atoms with Crippen molar-refractivity contribution in [2.24, 2.45) is 0 Å². The van der Waals surface area contributed by atoms with Gasteiger partial charge in [-0.1, -0.05) is 11.6 Å². The van der Waals surface area contributed by atoms with Crippen molar-refractivity contribution in [1.82, 2.24) is 4.90 Å². The van der Waals surface area contributed by atoms with Gasteiger partial charge in [-0.25, -0.2) is 4.79 Å². The molecule has 0 bridgehead atoms. The highest BCUT2D eigenvalue weighted by atomic mass is 16.4. The van der Waals surface area contributed by atoms with Crippen molar-refractivity contribution in [3.05, 3.63) is 34.9 Å². The van der Waals surface area contributed by atoms with Crippen molar-refractivity contribution < 1.29 is 14.7 Å². The van der Waals surface area contributed by atoms with Crippen LogP contribution in [0, 0.1) is 6.92 Å². The number of benzene rings is 1. The van der Waals surface area contributed by atoms with Crippen molar-refractivity contribution in [1.29, 1.82) is 0 Å². The Morgan fingerprint density at radius 3 is 2.44 bits per heavy atom. The second kappa shape index (κ2) is 4.79. The van der Waals surface area contributed by atoms with Gasteiger partial charge in [0, 0.05) is 13.6 Å². The number of amides is 1. The third-order valence-electron chi connectivity index (χ3n) is 2.46. The average molecular weight is 221 g/mol. The fraction of sp³-hybridized carbons (Fsp3) is 0.333. The summed E-state index contributed by atoms with van der Waals surface area (Å²) in [4.78, 5) is 24.4. The first-order valence-electron chi connectivity index (χ1n) is 5.06. The molecule has 4 heteroatoms. The molecule has 1 aromatic rings. The average Bonchev–Trinajstić information content (AvgIpc) is 2.26. The summed E-state index contributed by atoms with van der Waals surface area (Å²) in [6.07, 6.45) is 0. The molecule has 1 amide bonds. The van der Waals surface area contributed by atoms with Gasteiger partial charge in [0.05, 0.1) is 11.1 Å². The second-order valence-corrected chi connectivity index (χ2v) is 3.67. The molecule has 0 spiro atoms. The molecule has 0 heterocycles. The molecule has 0 aliphatic carbocycles. The molecule has 4 nitrogen and oxygen atoms in total. The van der Waals surface area contributed by atoms with Crippen LogP contribution in [0.5, 0.6) is 0 Å². The van der Waals surface area contributed by atoms with Crippen LogP contribution in [-0.4, -0.2) is 35.5 Å².